The van der Waals surface area contributed by atoms with Crippen LogP contribution in [-0.4, -0.2) is 32.2 Å². The van der Waals surface area contributed by atoms with Crippen LogP contribution in [0.3, 0.4) is 0 Å². The highest BCUT2D eigenvalue weighted by Gasteiger charge is 2.26. The third kappa shape index (κ3) is 4.11. The Balaban J connectivity index is 3.97. The Morgan fingerprint density at radius 2 is 1.50 bits per heavy atom. The van der Waals surface area contributed by atoms with E-state index in [2.05, 4.69) is 0 Å². The molecular weight excluding hydrogens is 215 g/mol. The van der Waals surface area contributed by atoms with Crippen molar-refractivity contribution in [1.82, 2.24) is 9.06 Å². The van der Waals surface area contributed by atoms with Gasteiger partial charge in [0, 0.05) is 0 Å². The molecule has 0 aromatic rings. The molecule has 0 unspecified atom stereocenters. The van der Waals surface area contributed by atoms with Crippen LogP contribution in [0.2, 0.25) is 0 Å². The SMILES string of the molecule is O=[N+]([O-])N(CCN(Cl)Cl)[N+](=O)[O-]. The number of nitro groups is 2. The molecule has 0 heterocycles. The first kappa shape index (κ1) is 11.1. The average Bonchev–Trinajstić information content (AvgIpc) is 1.84. The zero-order chi connectivity index (χ0) is 9.72. The van der Waals surface area contributed by atoms with Crippen LogP contribution in [-0.2, 0) is 0 Å². The van der Waals surface area contributed by atoms with Gasteiger partial charge in [-0.05, 0) is 23.6 Å². The molecule has 0 atom stereocenters. The second kappa shape index (κ2) is 4.91. The van der Waals surface area contributed by atoms with Gasteiger partial charge < -0.3 is 0 Å². The molecule has 0 N–H and O–H groups in total. The molecule has 0 aliphatic heterocycles. The fourth-order valence-corrected chi connectivity index (χ4v) is 0.539. The fourth-order valence-electron chi connectivity index (χ4n) is 0.388. The van der Waals surface area contributed by atoms with Crippen molar-refractivity contribution < 1.29 is 10.1 Å². The van der Waals surface area contributed by atoms with E-state index >= 15 is 0 Å². The summed E-state index contributed by atoms with van der Waals surface area (Å²) in [5.74, 6) is 0. The number of rotatable bonds is 5. The summed E-state index contributed by atoms with van der Waals surface area (Å²) in [6.45, 7) is -0.696. The lowest BCUT2D eigenvalue weighted by Gasteiger charge is -2.04. The van der Waals surface area contributed by atoms with Gasteiger partial charge in [-0.1, -0.05) is 0 Å². The molecule has 0 amide bonds. The molecule has 0 aliphatic carbocycles. The monoisotopic (exact) mass is 218 g/mol. The van der Waals surface area contributed by atoms with Gasteiger partial charge in [-0.15, -0.1) is 3.94 Å². The Morgan fingerprint density at radius 1 is 1.08 bits per heavy atom. The van der Waals surface area contributed by atoms with Crippen molar-refractivity contribution in [2.75, 3.05) is 13.1 Å². The minimum absolute atomic E-state index is 0.203. The standard InChI is InChI=1S/C2H4Cl2N4O4/c3-5(4)1-2-6(7(9)10)8(11)12/h1-2H2. The third-order valence-electron chi connectivity index (χ3n) is 0.846. The smallest absolute Gasteiger partial charge is 0.222 e. The van der Waals surface area contributed by atoms with Crippen LogP contribution in [0.5, 0.6) is 0 Å². The molecule has 0 fully saturated rings. The molecule has 8 nitrogen and oxygen atoms in total. The van der Waals surface area contributed by atoms with Gasteiger partial charge in [0.05, 0.1) is 6.54 Å². The molecule has 0 aliphatic rings. The zero-order valence-electron chi connectivity index (χ0n) is 5.59. The van der Waals surface area contributed by atoms with E-state index in [1.165, 1.54) is 0 Å². The largest absolute Gasteiger partial charge is 0.230 e. The molecular formula is C2H4Cl2N4O4. The van der Waals surface area contributed by atoms with E-state index < -0.39 is 16.6 Å². The number of hydrogen-bond donors (Lipinski definition) is 0. The van der Waals surface area contributed by atoms with Crippen LogP contribution in [0, 0.1) is 20.2 Å². The maximum atomic E-state index is 9.94. The lowest BCUT2D eigenvalue weighted by atomic mass is 10.7. The van der Waals surface area contributed by atoms with Gasteiger partial charge in [0.25, 0.3) is 0 Å². The number of hydrogen-bond acceptors (Lipinski definition) is 5. The first-order chi connectivity index (χ1) is 5.45. The normalized spacial score (nSPS) is 9.92. The van der Waals surface area contributed by atoms with E-state index in [0.29, 0.717) is 3.94 Å². The summed E-state index contributed by atoms with van der Waals surface area (Å²) in [4.78, 5) is 19.9. The topological polar surface area (TPSA) is 92.8 Å². The predicted molar refractivity (Wildman–Crippen MR) is 39.1 cm³/mol. The van der Waals surface area contributed by atoms with Gasteiger partial charge in [-0.3, -0.25) is 0 Å². The van der Waals surface area contributed by atoms with Crippen LogP contribution in [0.15, 0.2) is 0 Å². The molecule has 0 radical (unpaired) electrons. The van der Waals surface area contributed by atoms with Crippen molar-refractivity contribution in [3.8, 4) is 0 Å². The van der Waals surface area contributed by atoms with E-state index in [1.807, 2.05) is 0 Å². The third-order valence-corrected chi connectivity index (χ3v) is 1.18. The lowest BCUT2D eigenvalue weighted by Crippen LogP contribution is -2.38. The average molecular weight is 219 g/mol. The Hall–Kier alpha value is -0.860. The van der Waals surface area contributed by atoms with Crippen molar-refractivity contribution in [2.45, 2.75) is 0 Å². The van der Waals surface area contributed by atoms with Crippen LogP contribution >= 0.6 is 23.6 Å². The maximum absolute atomic E-state index is 9.94. The highest BCUT2D eigenvalue weighted by molar-refractivity contribution is 6.33. The summed E-state index contributed by atoms with van der Waals surface area (Å²) in [5.41, 5.74) is 0. The number of hydrazine groups is 2. The quantitative estimate of drug-likeness (QED) is 0.374. The molecule has 0 bridgehead atoms. The molecule has 0 aromatic heterocycles. The van der Waals surface area contributed by atoms with E-state index in [1.54, 1.807) is 0 Å². The highest BCUT2D eigenvalue weighted by atomic mass is 35.5. The molecule has 70 valence electrons. The van der Waals surface area contributed by atoms with Crippen molar-refractivity contribution in [3.05, 3.63) is 20.2 Å². The minimum Gasteiger partial charge on any atom is -0.230 e. The summed E-state index contributed by atoms with van der Waals surface area (Å²) in [7, 11) is 0. The fraction of sp³-hybridized carbons (Fsp3) is 1.00. The molecule has 0 spiro atoms. The van der Waals surface area contributed by atoms with Gasteiger partial charge >= 0.3 is 0 Å². The Kier molecular flexibility index (Phi) is 4.55. The Labute approximate surface area is 76.7 Å². The summed E-state index contributed by atoms with van der Waals surface area (Å²) >= 11 is 10.1. The van der Waals surface area contributed by atoms with Gasteiger partial charge in [0.2, 0.25) is 10.1 Å². The number of nitrogens with zero attached hydrogens (tertiary/aromatic N) is 4. The summed E-state index contributed by atoms with van der Waals surface area (Å²) in [6, 6.07) is 0. The van der Waals surface area contributed by atoms with Crippen LogP contribution in [0.4, 0.5) is 0 Å². The molecule has 0 aromatic carbocycles. The van der Waals surface area contributed by atoms with E-state index in [-0.39, 0.29) is 11.7 Å². The van der Waals surface area contributed by atoms with Crippen LogP contribution in [0.1, 0.15) is 0 Å². The van der Waals surface area contributed by atoms with Gasteiger partial charge in [-0.2, -0.15) is 0 Å². The van der Waals surface area contributed by atoms with E-state index in [4.69, 9.17) is 23.6 Å². The van der Waals surface area contributed by atoms with E-state index in [9.17, 15) is 20.2 Å². The summed E-state index contributed by atoms with van der Waals surface area (Å²) < 4.78 is 0.569. The van der Waals surface area contributed by atoms with Crippen molar-refractivity contribution in [2.24, 2.45) is 0 Å². The Morgan fingerprint density at radius 3 is 1.75 bits per heavy atom. The van der Waals surface area contributed by atoms with Gasteiger partial charge in [0.15, 0.2) is 11.7 Å². The minimum atomic E-state index is -1.16. The van der Waals surface area contributed by atoms with Crippen LogP contribution in [0.25, 0.3) is 0 Å². The molecule has 0 rings (SSSR count). The maximum Gasteiger partial charge on any atom is 0.222 e. The first-order valence-electron chi connectivity index (χ1n) is 2.60. The van der Waals surface area contributed by atoms with Gasteiger partial charge in [-0.25, -0.2) is 20.2 Å². The number of halogens is 2. The molecule has 12 heavy (non-hydrogen) atoms. The van der Waals surface area contributed by atoms with Crippen molar-refractivity contribution in [1.29, 1.82) is 0 Å². The zero-order valence-corrected chi connectivity index (χ0v) is 7.10. The Bertz CT molecular complexity index is 172. The predicted octanol–water partition coefficient (Wildman–Crippen LogP) is 0.281. The van der Waals surface area contributed by atoms with Crippen LogP contribution < -0.4 is 0 Å². The summed E-state index contributed by atoms with van der Waals surface area (Å²) in [6.07, 6.45) is 0. The molecule has 0 saturated carbocycles. The lowest BCUT2D eigenvalue weighted by molar-refractivity contribution is -0.907. The molecule has 10 heteroatoms. The van der Waals surface area contributed by atoms with Crippen molar-refractivity contribution in [3.63, 3.8) is 0 Å². The van der Waals surface area contributed by atoms with Crippen molar-refractivity contribution >= 4 is 23.6 Å². The van der Waals surface area contributed by atoms with E-state index in [0.717, 1.165) is 0 Å². The molecule has 0 saturated heterocycles. The highest BCUT2D eigenvalue weighted by Crippen LogP contribution is 1.99. The second-order valence-corrected chi connectivity index (χ2v) is 2.59. The van der Waals surface area contributed by atoms with Gasteiger partial charge in [0.1, 0.15) is 0 Å². The second-order valence-electron chi connectivity index (χ2n) is 1.60. The first-order valence-corrected chi connectivity index (χ1v) is 3.28. The summed E-state index contributed by atoms with van der Waals surface area (Å²) in [5, 5.41) is 17.4.